The van der Waals surface area contributed by atoms with Crippen LogP contribution in [-0.4, -0.2) is 73.1 Å². The molecule has 0 aliphatic carbocycles. The van der Waals surface area contributed by atoms with Crippen molar-refractivity contribution in [1.29, 1.82) is 0 Å². The van der Waals surface area contributed by atoms with Crippen molar-refractivity contribution in [3.63, 3.8) is 0 Å². The highest BCUT2D eigenvalue weighted by atomic mass is 16.2. The second-order valence-corrected chi connectivity index (χ2v) is 11.4. The van der Waals surface area contributed by atoms with Gasteiger partial charge in [0.2, 0.25) is 5.91 Å². The molecule has 6 heteroatoms. The first-order chi connectivity index (χ1) is 18.8. The van der Waals surface area contributed by atoms with E-state index in [0.29, 0.717) is 19.0 Å². The number of hydrogen-bond acceptors (Lipinski definition) is 5. The summed E-state index contributed by atoms with van der Waals surface area (Å²) in [7, 11) is 0. The van der Waals surface area contributed by atoms with Crippen molar-refractivity contribution in [3.05, 3.63) is 82.9 Å². The average molecular weight is 530 g/mol. The van der Waals surface area contributed by atoms with E-state index in [2.05, 4.69) is 84.4 Å². The Bertz CT molecular complexity index is 1230. The normalized spacial score (nSPS) is 18.9. The third-order valence-corrected chi connectivity index (χ3v) is 8.11. The summed E-state index contributed by atoms with van der Waals surface area (Å²) in [5, 5.41) is 5.80. The molecule has 1 aliphatic rings. The topological polar surface area (TPSA) is 87.6 Å². The number of nitrogens with two attached hydrogens (primary N) is 2. The molecule has 1 aliphatic heterocycles. The Morgan fingerprint density at radius 3 is 2.59 bits per heavy atom. The van der Waals surface area contributed by atoms with Crippen LogP contribution in [0.4, 0.5) is 0 Å². The molecule has 5 N–H and O–H groups in total. The highest BCUT2D eigenvalue weighted by molar-refractivity contribution is 5.85. The highest BCUT2D eigenvalue weighted by Gasteiger charge is 2.34. The molecule has 0 saturated carbocycles. The van der Waals surface area contributed by atoms with Gasteiger partial charge in [-0.3, -0.25) is 9.69 Å². The van der Waals surface area contributed by atoms with Crippen LogP contribution in [0.25, 0.3) is 10.8 Å². The maximum absolute atomic E-state index is 13.6. The van der Waals surface area contributed by atoms with Gasteiger partial charge in [0.15, 0.2) is 0 Å². The van der Waals surface area contributed by atoms with Crippen molar-refractivity contribution < 1.29 is 4.79 Å². The quantitative estimate of drug-likeness (QED) is 0.311. The minimum Gasteiger partial charge on any atom is -0.337 e. The van der Waals surface area contributed by atoms with Crippen LogP contribution in [0.2, 0.25) is 0 Å². The third kappa shape index (κ3) is 8.12. The molecule has 39 heavy (non-hydrogen) atoms. The molecule has 0 spiro atoms. The van der Waals surface area contributed by atoms with Gasteiger partial charge in [0, 0.05) is 50.8 Å². The molecular formula is C33H47N5O. The number of fused-ring (bicyclic) bond motifs is 1. The minimum atomic E-state index is 0.0522. The van der Waals surface area contributed by atoms with E-state index < -0.39 is 0 Å². The molecule has 1 saturated heterocycles. The van der Waals surface area contributed by atoms with Crippen LogP contribution >= 0.6 is 0 Å². The first kappa shape index (κ1) is 29.2. The molecule has 6 nitrogen and oxygen atoms in total. The van der Waals surface area contributed by atoms with E-state index in [1.54, 1.807) is 0 Å². The predicted molar refractivity (Wildman–Crippen MR) is 163 cm³/mol. The van der Waals surface area contributed by atoms with Crippen LogP contribution in [0.5, 0.6) is 0 Å². The number of rotatable bonds is 12. The summed E-state index contributed by atoms with van der Waals surface area (Å²) in [5.41, 5.74) is 17.4. The van der Waals surface area contributed by atoms with E-state index in [0.717, 1.165) is 57.5 Å². The fourth-order valence-corrected chi connectivity index (χ4v) is 5.99. The average Bonchev–Trinajstić information content (AvgIpc) is 2.91. The Morgan fingerprint density at radius 2 is 1.82 bits per heavy atom. The van der Waals surface area contributed by atoms with E-state index in [1.165, 1.54) is 27.5 Å². The minimum absolute atomic E-state index is 0.0522. The number of carbonyl (C=O) groups excluding carboxylic acids is 1. The van der Waals surface area contributed by atoms with Gasteiger partial charge in [-0.05, 0) is 74.0 Å². The summed E-state index contributed by atoms with van der Waals surface area (Å²) in [6.45, 7) is 11.4. The molecule has 1 unspecified atom stereocenters. The predicted octanol–water partition coefficient (Wildman–Crippen LogP) is 3.80. The van der Waals surface area contributed by atoms with Crippen molar-refractivity contribution in [3.8, 4) is 0 Å². The molecule has 3 atom stereocenters. The number of amides is 1. The number of aryl methyl sites for hydroxylation is 2. The lowest BCUT2D eigenvalue weighted by atomic mass is 9.97. The van der Waals surface area contributed by atoms with Gasteiger partial charge in [0.05, 0.1) is 6.42 Å². The van der Waals surface area contributed by atoms with Crippen molar-refractivity contribution in [1.82, 2.24) is 15.1 Å². The van der Waals surface area contributed by atoms with Crippen LogP contribution in [0.1, 0.15) is 42.0 Å². The van der Waals surface area contributed by atoms with Gasteiger partial charge in [-0.1, -0.05) is 66.2 Å². The number of nitrogens with zero attached hydrogens (tertiary/aromatic N) is 2. The zero-order valence-electron chi connectivity index (χ0n) is 24.0. The molecule has 4 rings (SSSR count). The summed E-state index contributed by atoms with van der Waals surface area (Å²) >= 11 is 0. The zero-order chi connectivity index (χ0) is 27.8. The highest BCUT2D eigenvalue weighted by Crippen LogP contribution is 2.23. The number of benzene rings is 3. The third-order valence-electron chi connectivity index (χ3n) is 8.11. The van der Waals surface area contributed by atoms with Gasteiger partial charge in [0.1, 0.15) is 0 Å². The SMILES string of the molecule is Cc1ccc(CC(N)CN2C[C@@H](C)N(C(=O)Cc3ccc4ccccc4c3)C[C@@H]2CCCNCCN)c(C)c1. The van der Waals surface area contributed by atoms with Crippen LogP contribution in [0, 0.1) is 13.8 Å². The maximum atomic E-state index is 13.6. The largest absolute Gasteiger partial charge is 0.337 e. The molecule has 1 amide bonds. The molecule has 3 aromatic carbocycles. The van der Waals surface area contributed by atoms with Crippen molar-refractivity contribution >= 4 is 16.7 Å². The van der Waals surface area contributed by atoms with Gasteiger partial charge < -0.3 is 21.7 Å². The van der Waals surface area contributed by atoms with E-state index in [9.17, 15) is 4.79 Å². The second kappa shape index (κ2) is 14.0. The number of hydrogen-bond donors (Lipinski definition) is 3. The van der Waals surface area contributed by atoms with Crippen molar-refractivity contribution in [2.45, 2.75) is 64.6 Å². The number of piperazine rings is 1. The van der Waals surface area contributed by atoms with E-state index in [-0.39, 0.29) is 18.0 Å². The lowest BCUT2D eigenvalue weighted by Crippen LogP contribution is -2.61. The maximum Gasteiger partial charge on any atom is 0.227 e. The first-order valence-electron chi connectivity index (χ1n) is 14.6. The standard InChI is InChI=1S/C33H47N5O/c1-24-10-12-29(25(2)17-24)20-31(35)22-37-21-26(3)38(23-32(37)9-6-15-36-16-14-34)33(39)19-27-11-13-28-7-4-5-8-30(28)18-27/h4-5,7-8,10-13,17-18,26,31-32,36H,6,9,14-16,19-23,34-35H2,1-3H3/t26-,31?,32+/m1/s1. The lowest BCUT2D eigenvalue weighted by molar-refractivity contribution is -0.136. The monoisotopic (exact) mass is 529 g/mol. The van der Waals surface area contributed by atoms with Crippen LogP contribution in [-0.2, 0) is 17.6 Å². The van der Waals surface area contributed by atoms with Crippen LogP contribution < -0.4 is 16.8 Å². The Labute approximate surface area is 234 Å². The van der Waals surface area contributed by atoms with Gasteiger partial charge in [0.25, 0.3) is 0 Å². The summed E-state index contributed by atoms with van der Waals surface area (Å²) in [6, 6.07) is 21.8. The van der Waals surface area contributed by atoms with Crippen LogP contribution in [0.15, 0.2) is 60.7 Å². The zero-order valence-corrected chi connectivity index (χ0v) is 24.0. The Balaban J connectivity index is 1.42. The molecule has 1 heterocycles. The Kier molecular flexibility index (Phi) is 10.5. The molecule has 1 fully saturated rings. The molecule has 0 aromatic heterocycles. The molecule has 210 valence electrons. The second-order valence-electron chi connectivity index (χ2n) is 11.4. The van der Waals surface area contributed by atoms with E-state index in [1.807, 2.05) is 12.1 Å². The Morgan fingerprint density at radius 1 is 1.03 bits per heavy atom. The van der Waals surface area contributed by atoms with Crippen molar-refractivity contribution in [2.24, 2.45) is 11.5 Å². The summed E-state index contributed by atoms with van der Waals surface area (Å²) in [5.74, 6) is 0.211. The van der Waals surface area contributed by atoms with Crippen LogP contribution in [0.3, 0.4) is 0 Å². The molecule has 0 radical (unpaired) electrons. The molecule has 0 bridgehead atoms. The van der Waals surface area contributed by atoms with Gasteiger partial charge >= 0.3 is 0 Å². The molecule has 3 aromatic rings. The summed E-state index contributed by atoms with van der Waals surface area (Å²) < 4.78 is 0. The summed E-state index contributed by atoms with van der Waals surface area (Å²) in [6.07, 6.45) is 3.38. The van der Waals surface area contributed by atoms with Gasteiger partial charge in [-0.15, -0.1) is 0 Å². The van der Waals surface area contributed by atoms with Gasteiger partial charge in [-0.2, -0.15) is 0 Å². The van der Waals surface area contributed by atoms with Gasteiger partial charge in [-0.25, -0.2) is 0 Å². The first-order valence-corrected chi connectivity index (χ1v) is 14.6. The lowest BCUT2D eigenvalue weighted by Gasteiger charge is -2.46. The van der Waals surface area contributed by atoms with Crippen molar-refractivity contribution in [2.75, 3.05) is 39.3 Å². The molecular weight excluding hydrogens is 482 g/mol. The fourth-order valence-electron chi connectivity index (χ4n) is 5.99. The van der Waals surface area contributed by atoms with E-state index in [4.69, 9.17) is 11.5 Å². The smallest absolute Gasteiger partial charge is 0.227 e. The fraction of sp³-hybridized carbons (Fsp3) is 0.485. The number of carbonyl (C=O) groups is 1. The summed E-state index contributed by atoms with van der Waals surface area (Å²) in [4.78, 5) is 18.2. The van der Waals surface area contributed by atoms with E-state index >= 15 is 0 Å². The Hall–Kier alpha value is -2.77. The number of nitrogens with one attached hydrogen (secondary N) is 1.